The summed E-state index contributed by atoms with van der Waals surface area (Å²) in [4.78, 5) is 17.0. The van der Waals surface area contributed by atoms with E-state index < -0.39 is 6.10 Å². The first-order chi connectivity index (χ1) is 15.7. The first-order valence-corrected chi connectivity index (χ1v) is 11.9. The number of aliphatic hydroxyl groups excluding tert-OH is 1. The van der Waals surface area contributed by atoms with E-state index in [1.807, 2.05) is 11.0 Å². The van der Waals surface area contributed by atoms with E-state index in [0.717, 1.165) is 51.9 Å². The largest absolute Gasteiger partial charge is 0.390 e. The van der Waals surface area contributed by atoms with Crippen LogP contribution in [0.25, 0.3) is 5.57 Å². The highest BCUT2D eigenvalue weighted by molar-refractivity contribution is 5.77. The molecule has 1 saturated heterocycles. The quantitative estimate of drug-likeness (QED) is 0.760. The van der Waals surface area contributed by atoms with Crippen molar-refractivity contribution in [2.45, 2.75) is 37.7 Å². The summed E-state index contributed by atoms with van der Waals surface area (Å²) in [5, 5.41) is 13.6. The molecule has 3 aliphatic rings. The molecule has 2 atom stereocenters. The summed E-state index contributed by atoms with van der Waals surface area (Å²) in [5.41, 5.74) is 7.16. The number of aliphatic hydroxyl groups is 1. The molecule has 168 valence electrons. The van der Waals surface area contributed by atoms with E-state index in [1.165, 1.54) is 27.8 Å². The van der Waals surface area contributed by atoms with Crippen molar-refractivity contribution in [2.75, 3.05) is 39.3 Å². The molecule has 1 aliphatic carbocycles. The van der Waals surface area contributed by atoms with Gasteiger partial charge in [0.15, 0.2) is 0 Å². The van der Waals surface area contributed by atoms with Crippen molar-refractivity contribution in [2.24, 2.45) is 0 Å². The van der Waals surface area contributed by atoms with Crippen LogP contribution in [0.3, 0.4) is 0 Å². The molecular weight excluding hydrogens is 398 g/mol. The van der Waals surface area contributed by atoms with Gasteiger partial charge in [-0.25, -0.2) is 4.79 Å². The van der Waals surface area contributed by atoms with Crippen LogP contribution in [0.5, 0.6) is 0 Å². The number of β-amino-alcohol motifs (C(OH)–C–C–N with tert-alkyl or cyclic N) is 1. The van der Waals surface area contributed by atoms with E-state index in [0.29, 0.717) is 19.0 Å². The maximum atomic E-state index is 12.7. The molecule has 2 N–H and O–H groups in total. The molecule has 5 heteroatoms. The van der Waals surface area contributed by atoms with Crippen LogP contribution in [0.1, 0.15) is 41.9 Å². The first-order valence-electron chi connectivity index (χ1n) is 11.9. The Balaban J connectivity index is 1.09. The monoisotopic (exact) mass is 431 g/mol. The summed E-state index contributed by atoms with van der Waals surface area (Å²) in [6, 6.07) is 19.1. The average Bonchev–Trinajstić information content (AvgIpc) is 3.21. The number of nitrogens with one attached hydrogen (secondary N) is 1. The molecule has 2 amide bonds. The minimum Gasteiger partial charge on any atom is -0.390 e. The van der Waals surface area contributed by atoms with Crippen molar-refractivity contribution in [3.63, 3.8) is 0 Å². The minimum absolute atomic E-state index is 0.0560. The number of piperidine rings is 1. The fraction of sp³-hybridized carbons (Fsp3) is 0.444. The van der Waals surface area contributed by atoms with Crippen molar-refractivity contribution in [1.82, 2.24) is 15.1 Å². The number of carbonyl (C=O) groups excluding carboxylic acids is 1. The lowest BCUT2D eigenvalue weighted by Crippen LogP contribution is -2.48. The molecule has 2 aromatic rings. The third kappa shape index (κ3) is 4.59. The molecule has 2 aliphatic heterocycles. The zero-order chi connectivity index (χ0) is 21.9. The lowest BCUT2D eigenvalue weighted by Gasteiger charge is -2.34. The Kier molecular flexibility index (Phi) is 6.28. The van der Waals surface area contributed by atoms with Crippen molar-refractivity contribution >= 4 is 11.6 Å². The zero-order valence-electron chi connectivity index (χ0n) is 18.7. The molecule has 5 rings (SSSR count). The van der Waals surface area contributed by atoms with Gasteiger partial charge in [0.05, 0.1) is 6.10 Å². The number of nitrogens with zero attached hydrogens (tertiary/aromatic N) is 2. The van der Waals surface area contributed by atoms with Crippen molar-refractivity contribution in [1.29, 1.82) is 0 Å². The van der Waals surface area contributed by atoms with Crippen molar-refractivity contribution in [3.8, 4) is 0 Å². The van der Waals surface area contributed by atoms with Gasteiger partial charge in [0.1, 0.15) is 0 Å². The Morgan fingerprint density at radius 2 is 1.91 bits per heavy atom. The number of amides is 2. The van der Waals surface area contributed by atoms with Gasteiger partial charge in [0.25, 0.3) is 0 Å². The van der Waals surface area contributed by atoms with Gasteiger partial charge < -0.3 is 15.3 Å². The van der Waals surface area contributed by atoms with Gasteiger partial charge in [-0.3, -0.25) is 4.90 Å². The van der Waals surface area contributed by atoms with E-state index in [2.05, 4.69) is 58.7 Å². The molecule has 0 spiro atoms. The van der Waals surface area contributed by atoms with Gasteiger partial charge in [0, 0.05) is 45.2 Å². The number of likely N-dealkylation sites (tertiary alicyclic amines) is 1. The minimum atomic E-state index is -0.556. The Labute approximate surface area is 190 Å². The van der Waals surface area contributed by atoms with E-state index in [-0.39, 0.29) is 6.03 Å². The Hall–Kier alpha value is -2.63. The van der Waals surface area contributed by atoms with Crippen LogP contribution in [0.15, 0.2) is 60.2 Å². The van der Waals surface area contributed by atoms with E-state index in [9.17, 15) is 9.90 Å². The number of urea groups is 1. The van der Waals surface area contributed by atoms with Crippen LogP contribution in [0.4, 0.5) is 4.79 Å². The molecule has 2 unspecified atom stereocenters. The molecule has 2 aromatic carbocycles. The smallest absolute Gasteiger partial charge is 0.317 e. The maximum absolute atomic E-state index is 12.7. The Morgan fingerprint density at radius 3 is 2.78 bits per heavy atom. The van der Waals surface area contributed by atoms with Crippen molar-refractivity contribution < 1.29 is 9.90 Å². The molecule has 0 saturated carbocycles. The van der Waals surface area contributed by atoms with Gasteiger partial charge in [-0.05, 0) is 53.5 Å². The van der Waals surface area contributed by atoms with E-state index in [4.69, 9.17) is 0 Å². The number of rotatable bonds is 5. The second-order valence-electron chi connectivity index (χ2n) is 9.44. The van der Waals surface area contributed by atoms with Gasteiger partial charge in [-0.2, -0.15) is 0 Å². The SMILES string of the molecule is O=C(NCC(O)CN1CCC2=C(Cc3ccccc32)C1)N1CCCC(c2ccccc2)C1. The topological polar surface area (TPSA) is 55.8 Å². The standard InChI is InChI=1S/C27H33N3O2/c31-24(19-29-14-12-26-23(17-29)15-21-9-4-5-11-25(21)26)16-28-27(32)30-13-6-10-22(18-30)20-7-2-1-3-8-20/h1-5,7-9,11,22,24,31H,6,10,12-19H2,(H,28,32). The summed E-state index contributed by atoms with van der Waals surface area (Å²) in [6.45, 7) is 4.31. The number of carbonyl (C=O) groups is 1. The van der Waals surface area contributed by atoms with Gasteiger partial charge in [-0.1, -0.05) is 54.6 Å². The summed E-state index contributed by atoms with van der Waals surface area (Å²) in [5.74, 6) is 0.395. The number of hydrogen-bond donors (Lipinski definition) is 2. The van der Waals surface area contributed by atoms with Crippen LogP contribution in [-0.2, 0) is 6.42 Å². The number of fused-ring (bicyclic) bond motifs is 2. The van der Waals surface area contributed by atoms with Crippen LogP contribution in [-0.4, -0.2) is 66.3 Å². The average molecular weight is 432 g/mol. The second kappa shape index (κ2) is 9.47. The number of benzene rings is 2. The molecule has 2 heterocycles. The molecular formula is C27H33N3O2. The summed E-state index contributed by atoms with van der Waals surface area (Å²) >= 11 is 0. The lowest BCUT2D eigenvalue weighted by molar-refractivity contribution is 0.112. The van der Waals surface area contributed by atoms with Gasteiger partial charge in [-0.15, -0.1) is 0 Å². The molecule has 0 bridgehead atoms. The van der Waals surface area contributed by atoms with Crippen LogP contribution in [0.2, 0.25) is 0 Å². The predicted molar refractivity (Wildman–Crippen MR) is 128 cm³/mol. The molecule has 32 heavy (non-hydrogen) atoms. The highest BCUT2D eigenvalue weighted by atomic mass is 16.3. The third-order valence-corrected chi connectivity index (χ3v) is 7.20. The second-order valence-corrected chi connectivity index (χ2v) is 9.44. The summed E-state index contributed by atoms with van der Waals surface area (Å²) in [7, 11) is 0. The summed E-state index contributed by atoms with van der Waals surface area (Å²) < 4.78 is 0. The molecule has 1 fully saturated rings. The molecule has 5 nitrogen and oxygen atoms in total. The van der Waals surface area contributed by atoms with Gasteiger partial charge >= 0.3 is 6.03 Å². The highest BCUT2D eigenvalue weighted by Gasteiger charge is 2.28. The maximum Gasteiger partial charge on any atom is 0.317 e. The molecule has 0 radical (unpaired) electrons. The van der Waals surface area contributed by atoms with E-state index >= 15 is 0 Å². The van der Waals surface area contributed by atoms with Gasteiger partial charge in [0.2, 0.25) is 0 Å². The summed E-state index contributed by atoms with van der Waals surface area (Å²) in [6.07, 6.45) is 3.66. The third-order valence-electron chi connectivity index (χ3n) is 7.20. The fourth-order valence-corrected chi connectivity index (χ4v) is 5.57. The fourth-order valence-electron chi connectivity index (χ4n) is 5.57. The molecule has 0 aromatic heterocycles. The first kappa shape index (κ1) is 21.2. The highest BCUT2D eigenvalue weighted by Crippen LogP contribution is 2.37. The van der Waals surface area contributed by atoms with Crippen LogP contribution in [0, 0.1) is 0 Å². The van der Waals surface area contributed by atoms with Crippen LogP contribution < -0.4 is 5.32 Å². The van der Waals surface area contributed by atoms with Crippen LogP contribution >= 0.6 is 0 Å². The Morgan fingerprint density at radius 1 is 1.09 bits per heavy atom. The number of hydrogen-bond acceptors (Lipinski definition) is 3. The zero-order valence-corrected chi connectivity index (χ0v) is 18.7. The lowest BCUT2D eigenvalue weighted by atomic mass is 9.91. The van der Waals surface area contributed by atoms with E-state index in [1.54, 1.807) is 0 Å². The predicted octanol–water partition coefficient (Wildman–Crippen LogP) is 3.65. The van der Waals surface area contributed by atoms with Crippen molar-refractivity contribution in [3.05, 3.63) is 76.9 Å². The Bertz CT molecular complexity index is 987. The normalized spacial score (nSPS) is 21.8.